The van der Waals surface area contributed by atoms with E-state index in [2.05, 4.69) is 25.1 Å². The molecule has 1 saturated heterocycles. The van der Waals surface area contributed by atoms with Crippen molar-refractivity contribution in [2.24, 2.45) is 7.05 Å². The van der Waals surface area contributed by atoms with E-state index in [1.54, 1.807) is 34.2 Å². The summed E-state index contributed by atoms with van der Waals surface area (Å²) in [7, 11) is 1.84. The van der Waals surface area contributed by atoms with Crippen LogP contribution in [0, 0.1) is 0 Å². The zero-order valence-electron chi connectivity index (χ0n) is 19.6. The molecule has 3 aromatic heterocycles. The molecule has 0 bridgehead atoms. The van der Waals surface area contributed by atoms with Crippen LogP contribution in [-0.2, 0) is 18.2 Å². The number of hydrogen-bond donors (Lipinski definition) is 0. The Morgan fingerprint density at radius 3 is 2.69 bits per heavy atom. The van der Waals surface area contributed by atoms with Crippen LogP contribution in [0.3, 0.4) is 0 Å². The van der Waals surface area contributed by atoms with Crippen LogP contribution in [0.5, 0.6) is 5.75 Å². The minimum Gasteiger partial charge on any atom is -0.489 e. The number of aryl methyl sites for hydroxylation is 1. The SMILES string of the molecule is Cn1cc(-n2ccc(=O)c(Cc3cccc(-c4ncc(OCCN5CCOCC5)cn4)c3)n2)cn1. The Bertz CT molecular complexity index is 1330. The molecule has 0 aliphatic carbocycles. The van der Waals surface area contributed by atoms with Crippen molar-refractivity contribution < 1.29 is 9.47 Å². The van der Waals surface area contributed by atoms with Gasteiger partial charge in [-0.05, 0) is 11.6 Å². The molecule has 1 aliphatic heterocycles. The molecule has 0 saturated carbocycles. The zero-order chi connectivity index (χ0) is 24.0. The van der Waals surface area contributed by atoms with Crippen molar-refractivity contribution in [3.63, 3.8) is 0 Å². The van der Waals surface area contributed by atoms with Gasteiger partial charge in [0.25, 0.3) is 0 Å². The number of morpholine rings is 1. The van der Waals surface area contributed by atoms with Crippen molar-refractivity contribution in [2.75, 3.05) is 39.5 Å². The van der Waals surface area contributed by atoms with Crippen LogP contribution in [0.4, 0.5) is 0 Å². The van der Waals surface area contributed by atoms with Gasteiger partial charge in [-0.3, -0.25) is 14.4 Å². The van der Waals surface area contributed by atoms with Crippen molar-refractivity contribution in [1.82, 2.24) is 34.4 Å². The summed E-state index contributed by atoms with van der Waals surface area (Å²) in [5.41, 5.74) is 2.96. The van der Waals surface area contributed by atoms with Crippen LogP contribution in [0.1, 0.15) is 11.3 Å². The predicted molar refractivity (Wildman–Crippen MR) is 130 cm³/mol. The fourth-order valence-corrected chi connectivity index (χ4v) is 3.91. The lowest BCUT2D eigenvalue weighted by Crippen LogP contribution is -2.38. The van der Waals surface area contributed by atoms with Crippen LogP contribution in [0.2, 0.25) is 0 Å². The second kappa shape index (κ2) is 10.6. The summed E-state index contributed by atoms with van der Waals surface area (Å²) in [6.07, 6.45) is 8.98. The molecule has 0 N–H and O–H groups in total. The van der Waals surface area contributed by atoms with E-state index in [9.17, 15) is 4.79 Å². The third-order valence-electron chi connectivity index (χ3n) is 5.80. The van der Waals surface area contributed by atoms with Gasteiger partial charge in [0.15, 0.2) is 11.6 Å². The molecule has 10 heteroatoms. The molecule has 1 fully saturated rings. The smallest absolute Gasteiger partial charge is 0.203 e. The summed E-state index contributed by atoms with van der Waals surface area (Å²) in [6, 6.07) is 9.36. The van der Waals surface area contributed by atoms with E-state index >= 15 is 0 Å². The summed E-state index contributed by atoms with van der Waals surface area (Å²) >= 11 is 0. The van der Waals surface area contributed by atoms with Gasteiger partial charge in [0.05, 0.1) is 38.0 Å². The highest BCUT2D eigenvalue weighted by atomic mass is 16.5. The fourth-order valence-electron chi connectivity index (χ4n) is 3.91. The molecule has 0 amide bonds. The first-order valence-electron chi connectivity index (χ1n) is 11.6. The Morgan fingerprint density at radius 2 is 1.91 bits per heavy atom. The van der Waals surface area contributed by atoms with Gasteiger partial charge in [-0.1, -0.05) is 18.2 Å². The Morgan fingerprint density at radius 1 is 1.09 bits per heavy atom. The van der Waals surface area contributed by atoms with Crippen LogP contribution < -0.4 is 10.2 Å². The molecule has 4 heterocycles. The van der Waals surface area contributed by atoms with Gasteiger partial charge in [-0.2, -0.15) is 10.2 Å². The molecule has 1 aromatic carbocycles. The number of nitrogens with zero attached hydrogens (tertiary/aromatic N) is 7. The van der Waals surface area contributed by atoms with Gasteiger partial charge in [-0.15, -0.1) is 0 Å². The maximum atomic E-state index is 12.4. The molecule has 180 valence electrons. The van der Waals surface area contributed by atoms with Crippen molar-refractivity contribution >= 4 is 0 Å². The van der Waals surface area contributed by atoms with Gasteiger partial charge in [0.2, 0.25) is 5.43 Å². The molecule has 10 nitrogen and oxygen atoms in total. The van der Waals surface area contributed by atoms with Gasteiger partial charge in [0, 0.05) is 50.9 Å². The van der Waals surface area contributed by atoms with Crippen LogP contribution in [0.15, 0.2) is 66.1 Å². The van der Waals surface area contributed by atoms with E-state index in [4.69, 9.17) is 9.47 Å². The van der Waals surface area contributed by atoms with Crippen molar-refractivity contribution in [1.29, 1.82) is 0 Å². The largest absolute Gasteiger partial charge is 0.489 e. The quantitative estimate of drug-likeness (QED) is 0.381. The molecule has 0 unspecified atom stereocenters. The van der Waals surface area contributed by atoms with E-state index in [1.165, 1.54) is 6.07 Å². The third kappa shape index (κ3) is 5.79. The van der Waals surface area contributed by atoms with E-state index in [-0.39, 0.29) is 5.43 Å². The van der Waals surface area contributed by atoms with Crippen LogP contribution >= 0.6 is 0 Å². The van der Waals surface area contributed by atoms with E-state index < -0.39 is 0 Å². The van der Waals surface area contributed by atoms with Gasteiger partial charge in [0.1, 0.15) is 18.0 Å². The molecular weight excluding hydrogens is 446 g/mol. The van der Waals surface area contributed by atoms with E-state index in [1.807, 2.05) is 37.5 Å². The highest BCUT2D eigenvalue weighted by Gasteiger charge is 2.11. The first-order valence-corrected chi connectivity index (χ1v) is 11.6. The van der Waals surface area contributed by atoms with Gasteiger partial charge < -0.3 is 9.47 Å². The van der Waals surface area contributed by atoms with Crippen LogP contribution in [-0.4, -0.2) is 73.9 Å². The monoisotopic (exact) mass is 473 g/mol. The Balaban J connectivity index is 1.25. The Kier molecular flexibility index (Phi) is 6.92. The summed E-state index contributed by atoms with van der Waals surface area (Å²) in [5, 5.41) is 8.69. The number of aromatic nitrogens is 6. The van der Waals surface area contributed by atoms with Crippen LogP contribution in [0.25, 0.3) is 17.1 Å². The maximum absolute atomic E-state index is 12.4. The minimum absolute atomic E-state index is 0.106. The van der Waals surface area contributed by atoms with E-state index in [0.717, 1.165) is 49.7 Å². The third-order valence-corrected chi connectivity index (χ3v) is 5.80. The Labute approximate surface area is 202 Å². The predicted octanol–water partition coefficient (Wildman–Crippen LogP) is 1.72. The molecule has 4 aromatic rings. The molecule has 35 heavy (non-hydrogen) atoms. The maximum Gasteiger partial charge on any atom is 0.203 e. The first kappa shape index (κ1) is 22.9. The van der Waals surface area contributed by atoms with Crippen molar-refractivity contribution in [2.45, 2.75) is 6.42 Å². The standard InChI is InChI=1S/C25H27N7O3/c1-30-18-21(15-28-30)32-6-5-24(33)23(29-32)14-19-3-2-4-20(13-19)25-26-16-22(17-27-25)35-12-9-31-7-10-34-11-8-31/h2-6,13,15-18H,7-12,14H2,1H3. The lowest BCUT2D eigenvalue weighted by Gasteiger charge is -2.26. The summed E-state index contributed by atoms with van der Waals surface area (Å²) in [5.74, 6) is 1.24. The molecular formula is C25H27N7O3. The Hall–Kier alpha value is -3.89. The number of benzene rings is 1. The summed E-state index contributed by atoms with van der Waals surface area (Å²) < 4.78 is 14.5. The fraction of sp³-hybridized carbons (Fsp3) is 0.320. The number of rotatable bonds is 8. The summed E-state index contributed by atoms with van der Waals surface area (Å²) in [6.45, 7) is 4.85. The molecule has 1 aliphatic rings. The highest BCUT2D eigenvalue weighted by Crippen LogP contribution is 2.19. The first-order chi connectivity index (χ1) is 17.1. The second-order valence-electron chi connectivity index (χ2n) is 8.37. The number of ether oxygens (including phenoxy) is 2. The molecule has 5 rings (SSSR count). The lowest BCUT2D eigenvalue weighted by atomic mass is 10.1. The highest BCUT2D eigenvalue weighted by molar-refractivity contribution is 5.56. The molecule has 0 radical (unpaired) electrons. The van der Waals surface area contributed by atoms with Gasteiger partial charge >= 0.3 is 0 Å². The topological polar surface area (TPSA) is 100 Å². The van der Waals surface area contributed by atoms with Gasteiger partial charge in [-0.25, -0.2) is 14.6 Å². The van der Waals surface area contributed by atoms with Crippen molar-refractivity contribution in [3.8, 4) is 22.8 Å². The average molecular weight is 474 g/mol. The van der Waals surface area contributed by atoms with Crippen molar-refractivity contribution in [3.05, 3.63) is 82.8 Å². The van der Waals surface area contributed by atoms with E-state index in [0.29, 0.717) is 30.3 Å². The average Bonchev–Trinajstić information content (AvgIpc) is 3.33. The lowest BCUT2D eigenvalue weighted by molar-refractivity contribution is 0.0322. The minimum atomic E-state index is -0.106. The molecule has 0 atom stereocenters. The number of hydrogen-bond acceptors (Lipinski definition) is 8. The second-order valence-corrected chi connectivity index (χ2v) is 8.37. The normalized spacial score (nSPS) is 14.2. The molecule has 0 spiro atoms. The zero-order valence-corrected chi connectivity index (χ0v) is 19.6. The summed E-state index contributed by atoms with van der Waals surface area (Å²) in [4.78, 5) is 23.7.